The number of alkyl halides is 3. The van der Waals surface area contributed by atoms with Crippen molar-refractivity contribution < 1.29 is 23.1 Å². The Labute approximate surface area is 132 Å². The highest BCUT2D eigenvalue weighted by atomic mass is 79.9. The molecule has 2 heterocycles. The van der Waals surface area contributed by atoms with Gasteiger partial charge in [0.2, 0.25) is 0 Å². The lowest BCUT2D eigenvalue weighted by Gasteiger charge is -2.34. The Kier molecular flexibility index (Phi) is 4.11. The zero-order valence-corrected chi connectivity index (χ0v) is 13.6. The predicted octanol–water partition coefficient (Wildman–Crippen LogP) is 2.29. The van der Waals surface area contributed by atoms with Gasteiger partial charge in [0, 0.05) is 12.6 Å². The van der Waals surface area contributed by atoms with Gasteiger partial charge in [-0.25, -0.2) is 0 Å². The topological polar surface area (TPSA) is 70.7 Å². The van der Waals surface area contributed by atoms with E-state index >= 15 is 0 Å². The first-order valence-corrected chi connectivity index (χ1v) is 7.17. The summed E-state index contributed by atoms with van der Waals surface area (Å²) < 4.78 is 41.0. The van der Waals surface area contributed by atoms with Gasteiger partial charge >= 0.3 is 6.18 Å². The van der Waals surface area contributed by atoms with Gasteiger partial charge in [-0.15, -0.1) is 0 Å². The maximum Gasteiger partial charge on any atom is 0.438 e. The van der Waals surface area contributed by atoms with Gasteiger partial charge in [-0.1, -0.05) is 0 Å². The minimum Gasteiger partial charge on any atom is -0.362 e. The number of hydrogen-bond acceptors (Lipinski definition) is 4. The maximum absolute atomic E-state index is 13.0. The van der Waals surface area contributed by atoms with Crippen molar-refractivity contribution in [1.82, 2.24) is 14.8 Å². The van der Waals surface area contributed by atoms with Gasteiger partial charge in [0.25, 0.3) is 11.6 Å². The van der Waals surface area contributed by atoms with Crippen LogP contribution in [-0.4, -0.2) is 43.9 Å². The Bertz CT molecular complexity index is 643. The zero-order valence-electron chi connectivity index (χ0n) is 12.0. The average molecular weight is 383 g/mol. The van der Waals surface area contributed by atoms with Crippen molar-refractivity contribution in [2.24, 2.45) is 5.10 Å². The third-order valence-corrected chi connectivity index (χ3v) is 4.69. The van der Waals surface area contributed by atoms with Crippen molar-refractivity contribution >= 4 is 28.1 Å². The fourth-order valence-corrected chi connectivity index (χ4v) is 2.47. The molecule has 0 saturated heterocycles. The highest BCUT2D eigenvalue weighted by Crippen LogP contribution is 2.39. The Hall–Kier alpha value is -1.42. The van der Waals surface area contributed by atoms with Crippen LogP contribution in [-0.2, 0) is 4.79 Å². The number of hydrogen-bond donors (Lipinski definition) is 1. The summed E-state index contributed by atoms with van der Waals surface area (Å²) >= 11 is 3.29. The molecule has 1 amide bonds. The normalized spacial score (nSPS) is 23.2. The van der Waals surface area contributed by atoms with Gasteiger partial charge in [-0.05, 0) is 36.7 Å². The lowest BCUT2D eigenvalue weighted by molar-refractivity contribution is -0.302. The van der Waals surface area contributed by atoms with Gasteiger partial charge in [0.1, 0.15) is 6.04 Å². The Morgan fingerprint density at radius 3 is 2.55 bits per heavy atom. The molecular weight excluding hydrogens is 369 g/mol. The van der Waals surface area contributed by atoms with E-state index in [-0.39, 0.29) is 5.01 Å². The molecular formula is C12H14BrF3N4O2. The minimum absolute atomic E-state index is 0.0853. The van der Waals surface area contributed by atoms with Crippen molar-refractivity contribution in [2.45, 2.75) is 45.1 Å². The molecule has 0 saturated carbocycles. The maximum atomic E-state index is 13.0. The van der Waals surface area contributed by atoms with Crippen LogP contribution in [0, 0.1) is 13.8 Å². The fourth-order valence-electron chi connectivity index (χ4n) is 2.21. The summed E-state index contributed by atoms with van der Waals surface area (Å²) in [4.78, 5) is 12.4. The predicted molar refractivity (Wildman–Crippen MR) is 75.1 cm³/mol. The van der Waals surface area contributed by atoms with Crippen molar-refractivity contribution in [2.75, 3.05) is 0 Å². The van der Waals surface area contributed by atoms with E-state index in [0.29, 0.717) is 15.9 Å². The summed E-state index contributed by atoms with van der Waals surface area (Å²) in [5.74, 6) is -0.994. The molecule has 0 unspecified atom stereocenters. The molecule has 10 heteroatoms. The van der Waals surface area contributed by atoms with E-state index in [1.165, 1.54) is 11.6 Å². The van der Waals surface area contributed by atoms with Crippen molar-refractivity contribution in [3.8, 4) is 0 Å². The molecule has 22 heavy (non-hydrogen) atoms. The fraction of sp³-hybridized carbons (Fsp3) is 0.583. The standard InChI is InChI=1S/C12H14BrF3N4O2/c1-6-9(13)7(2)19(18-6)8(3)10(21)20-11(22,4-5-17-20)12(14,15)16/h5,8,22H,4H2,1-3H3/t8-,11+/m0/s1. The Balaban J connectivity index is 2.35. The molecule has 0 aromatic carbocycles. The summed E-state index contributed by atoms with van der Waals surface area (Å²) in [6, 6.07) is -1.05. The summed E-state index contributed by atoms with van der Waals surface area (Å²) in [7, 11) is 0. The molecule has 6 nitrogen and oxygen atoms in total. The van der Waals surface area contributed by atoms with Crippen LogP contribution < -0.4 is 0 Å². The summed E-state index contributed by atoms with van der Waals surface area (Å²) in [5.41, 5.74) is -2.11. The van der Waals surface area contributed by atoms with E-state index in [1.807, 2.05) is 0 Å². The van der Waals surface area contributed by atoms with E-state index in [9.17, 15) is 23.1 Å². The monoisotopic (exact) mass is 382 g/mol. The lowest BCUT2D eigenvalue weighted by atomic mass is 10.1. The molecule has 0 fully saturated rings. The highest BCUT2D eigenvalue weighted by molar-refractivity contribution is 9.10. The molecule has 0 bridgehead atoms. The molecule has 0 radical (unpaired) electrons. The molecule has 1 aromatic heterocycles. The number of carbonyl (C=O) groups excluding carboxylic acids is 1. The third kappa shape index (κ3) is 2.43. The van der Waals surface area contributed by atoms with Crippen molar-refractivity contribution in [3.63, 3.8) is 0 Å². The summed E-state index contributed by atoms with van der Waals surface area (Å²) in [5, 5.41) is 17.4. The van der Waals surface area contributed by atoms with Crippen LogP contribution in [0.2, 0.25) is 0 Å². The summed E-state index contributed by atoms with van der Waals surface area (Å²) in [6.07, 6.45) is -4.93. The number of nitrogens with zero attached hydrogens (tertiary/aromatic N) is 4. The minimum atomic E-state index is -5.01. The van der Waals surface area contributed by atoms with E-state index in [0.717, 1.165) is 6.21 Å². The molecule has 2 atom stereocenters. The second-order valence-corrected chi connectivity index (χ2v) is 5.86. The quantitative estimate of drug-likeness (QED) is 0.852. The first kappa shape index (κ1) is 16.9. The number of halogens is 4. The van der Waals surface area contributed by atoms with Gasteiger partial charge in [0.15, 0.2) is 0 Å². The van der Waals surface area contributed by atoms with Crippen molar-refractivity contribution in [3.05, 3.63) is 15.9 Å². The molecule has 1 aromatic rings. The number of aliphatic hydroxyl groups is 1. The molecule has 0 spiro atoms. The van der Waals surface area contributed by atoms with Crippen LogP contribution in [0.4, 0.5) is 13.2 Å². The number of carbonyl (C=O) groups is 1. The number of rotatable bonds is 2. The van der Waals surface area contributed by atoms with E-state index in [2.05, 4.69) is 26.1 Å². The molecule has 122 valence electrons. The van der Waals surface area contributed by atoms with E-state index < -0.39 is 30.3 Å². The molecule has 2 rings (SSSR count). The SMILES string of the molecule is Cc1nn([C@@H](C)C(=O)N2N=CC[C@@]2(O)C(F)(F)F)c(C)c1Br. The van der Waals surface area contributed by atoms with Gasteiger partial charge in [0.05, 0.1) is 15.9 Å². The smallest absolute Gasteiger partial charge is 0.362 e. The Morgan fingerprint density at radius 1 is 1.50 bits per heavy atom. The van der Waals surface area contributed by atoms with Crippen LogP contribution >= 0.6 is 15.9 Å². The number of aryl methyl sites for hydroxylation is 1. The van der Waals surface area contributed by atoms with Crippen molar-refractivity contribution in [1.29, 1.82) is 0 Å². The number of amides is 1. The molecule has 1 N–H and O–H groups in total. The average Bonchev–Trinajstić information content (AvgIpc) is 2.94. The largest absolute Gasteiger partial charge is 0.438 e. The number of aromatic nitrogens is 2. The van der Waals surface area contributed by atoms with E-state index in [4.69, 9.17) is 0 Å². The Morgan fingerprint density at radius 2 is 2.09 bits per heavy atom. The number of hydrazone groups is 1. The molecule has 1 aliphatic heterocycles. The first-order valence-electron chi connectivity index (χ1n) is 6.37. The van der Waals surface area contributed by atoms with Crippen LogP contribution in [0.15, 0.2) is 9.57 Å². The van der Waals surface area contributed by atoms with Crippen LogP contribution in [0.5, 0.6) is 0 Å². The van der Waals surface area contributed by atoms with Crippen LogP contribution in [0.1, 0.15) is 30.8 Å². The second-order valence-electron chi connectivity index (χ2n) is 5.07. The second kappa shape index (κ2) is 5.34. The zero-order chi connectivity index (χ0) is 16.9. The molecule has 1 aliphatic rings. The van der Waals surface area contributed by atoms with Gasteiger partial charge in [-0.3, -0.25) is 9.48 Å². The third-order valence-electron chi connectivity index (χ3n) is 3.55. The first-order chi connectivity index (χ1) is 10.0. The highest BCUT2D eigenvalue weighted by Gasteiger charge is 2.62. The van der Waals surface area contributed by atoms with E-state index in [1.54, 1.807) is 13.8 Å². The lowest BCUT2D eigenvalue weighted by Crippen LogP contribution is -2.57. The van der Waals surface area contributed by atoms with Crippen LogP contribution in [0.25, 0.3) is 0 Å². The van der Waals surface area contributed by atoms with Gasteiger partial charge in [-0.2, -0.15) is 28.4 Å². The van der Waals surface area contributed by atoms with Gasteiger partial charge < -0.3 is 5.11 Å². The molecule has 0 aliphatic carbocycles. The summed E-state index contributed by atoms with van der Waals surface area (Å²) in [6.45, 7) is 4.78. The van der Waals surface area contributed by atoms with Crippen LogP contribution in [0.3, 0.4) is 0 Å².